The molecule has 2 N–H and O–H groups in total. The monoisotopic (exact) mass is 304 g/mol. The highest BCUT2D eigenvalue weighted by atomic mass is 32.1. The van der Waals surface area contributed by atoms with Crippen molar-refractivity contribution in [2.24, 2.45) is 0 Å². The highest BCUT2D eigenvalue weighted by Gasteiger charge is 2.30. The number of aromatic nitrogens is 1. The van der Waals surface area contributed by atoms with Crippen LogP contribution < -0.4 is 10.6 Å². The second kappa shape index (κ2) is 5.71. The van der Waals surface area contributed by atoms with Gasteiger partial charge in [0.25, 0.3) is 0 Å². The van der Waals surface area contributed by atoms with E-state index in [1.807, 2.05) is 24.3 Å². The zero-order chi connectivity index (χ0) is 14.9. The van der Waals surface area contributed by atoms with Crippen molar-refractivity contribution in [1.82, 2.24) is 15.2 Å². The summed E-state index contributed by atoms with van der Waals surface area (Å²) in [7, 11) is 0. The third kappa shape index (κ3) is 3.23. The quantitative estimate of drug-likeness (QED) is 0.909. The van der Waals surface area contributed by atoms with Crippen LogP contribution in [0.2, 0.25) is 0 Å². The summed E-state index contributed by atoms with van der Waals surface area (Å²) < 4.78 is 1.09. The molecule has 21 heavy (non-hydrogen) atoms. The molecule has 0 bridgehead atoms. The second-order valence-corrected chi connectivity index (χ2v) is 6.98. The number of piperazine rings is 1. The highest BCUT2D eigenvalue weighted by Crippen LogP contribution is 2.25. The standard InChI is InChI=1S/C15H20N4OS/c1-15(2)10-16-7-8-19(15)9-13(20)18-14-17-11-5-3-4-6-12(11)21-14/h3-6,16H,7-10H2,1-2H3,(H,17,18,20). The number of amides is 1. The van der Waals surface area contributed by atoms with Gasteiger partial charge < -0.3 is 10.6 Å². The normalized spacial score (nSPS) is 18.8. The summed E-state index contributed by atoms with van der Waals surface area (Å²) in [5.41, 5.74) is 0.934. The zero-order valence-electron chi connectivity index (χ0n) is 12.3. The van der Waals surface area contributed by atoms with Crippen molar-refractivity contribution in [1.29, 1.82) is 0 Å². The van der Waals surface area contributed by atoms with Gasteiger partial charge in [0.15, 0.2) is 5.13 Å². The molecular formula is C15H20N4OS. The van der Waals surface area contributed by atoms with Crippen LogP contribution in [0.3, 0.4) is 0 Å². The number of hydrogen-bond acceptors (Lipinski definition) is 5. The molecule has 1 amide bonds. The molecule has 1 saturated heterocycles. The van der Waals surface area contributed by atoms with Gasteiger partial charge in [0.1, 0.15) is 0 Å². The van der Waals surface area contributed by atoms with Crippen molar-refractivity contribution in [3.8, 4) is 0 Å². The lowest BCUT2D eigenvalue weighted by molar-refractivity contribution is -0.119. The number of carbonyl (C=O) groups excluding carboxylic acids is 1. The lowest BCUT2D eigenvalue weighted by atomic mass is 10.0. The molecule has 112 valence electrons. The van der Waals surface area contributed by atoms with Crippen LogP contribution in [-0.2, 0) is 4.79 Å². The number of para-hydroxylation sites is 1. The lowest BCUT2D eigenvalue weighted by Gasteiger charge is -2.42. The Morgan fingerprint density at radius 1 is 1.48 bits per heavy atom. The van der Waals surface area contributed by atoms with E-state index >= 15 is 0 Å². The Morgan fingerprint density at radius 2 is 2.29 bits per heavy atom. The Hall–Kier alpha value is -1.50. The summed E-state index contributed by atoms with van der Waals surface area (Å²) >= 11 is 1.51. The molecule has 0 atom stereocenters. The number of rotatable bonds is 3. The Labute approximate surface area is 128 Å². The fourth-order valence-corrected chi connectivity index (χ4v) is 3.46. The van der Waals surface area contributed by atoms with Crippen molar-refractivity contribution >= 4 is 32.6 Å². The summed E-state index contributed by atoms with van der Waals surface area (Å²) in [6, 6.07) is 7.91. The SMILES string of the molecule is CC1(C)CNCCN1CC(=O)Nc1nc2ccccc2s1. The molecule has 6 heteroatoms. The molecule has 0 aliphatic carbocycles. The van der Waals surface area contributed by atoms with Crippen molar-refractivity contribution < 1.29 is 4.79 Å². The van der Waals surface area contributed by atoms with E-state index < -0.39 is 0 Å². The fourth-order valence-electron chi connectivity index (χ4n) is 2.57. The third-order valence-corrected chi connectivity index (χ3v) is 4.80. The predicted molar refractivity (Wildman–Crippen MR) is 86.8 cm³/mol. The van der Waals surface area contributed by atoms with Crippen LogP contribution in [0.15, 0.2) is 24.3 Å². The van der Waals surface area contributed by atoms with Crippen LogP contribution in [0, 0.1) is 0 Å². The molecule has 0 radical (unpaired) electrons. The average Bonchev–Trinajstić information content (AvgIpc) is 2.83. The van der Waals surface area contributed by atoms with E-state index in [4.69, 9.17) is 0 Å². The first-order chi connectivity index (χ1) is 10.0. The van der Waals surface area contributed by atoms with Gasteiger partial charge in [-0.2, -0.15) is 0 Å². The van der Waals surface area contributed by atoms with E-state index in [9.17, 15) is 4.79 Å². The van der Waals surface area contributed by atoms with E-state index in [1.165, 1.54) is 11.3 Å². The summed E-state index contributed by atoms with van der Waals surface area (Å²) in [4.78, 5) is 18.9. The number of fused-ring (bicyclic) bond motifs is 1. The molecule has 1 aliphatic rings. The minimum Gasteiger partial charge on any atom is -0.314 e. The summed E-state index contributed by atoms with van der Waals surface area (Å²) in [6.07, 6.45) is 0. The van der Waals surface area contributed by atoms with Crippen molar-refractivity contribution in [3.63, 3.8) is 0 Å². The van der Waals surface area contributed by atoms with E-state index in [1.54, 1.807) is 0 Å². The van der Waals surface area contributed by atoms with Crippen molar-refractivity contribution in [2.75, 3.05) is 31.5 Å². The Bertz CT molecular complexity index is 619. The van der Waals surface area contributed by atoms with E-state index in [0.29, 0.717) is 11.7 Å². The number of thiazole rings is 1. The average molecular weight is 304 g/mol. The van der Waals surface area contributed by atoms with Crippen LogP contribution in [0.4, 0.5) is 5.13 Å². The van der Waals surface area contributed by atoms with Gasteiger partial charge in [-0.3, -0.25) is 9.69 Å². The van der Waals surface area contributed by atoms with Crippen LogP contribution in [0.25, 0.3) is 10.2 Å². The number of anilines is 1. The van der Waals surface area contributed by atoms with Gasteiger partial charge in [0.05, 0.1) is 16.8 Å². The van der Waals surface area contributed by atoms with Gasteiger partial charge in [0.2, 0.25) is 5.91 Å². The van der Waals surface area contributed by atoms with E-state index in [-0.39, 0.29) is 11.4 Å². The molecule has 1 aromatic heterocycles. The maximum Gasteiger partial charge on any atom is 0.240 e. The van der Waals surface area contributed by atoms with Gasteiger partial charge in [-0.1, -0.05) is 23.5 Å². The fraction of sp³-hybridized carbons (Fsp3) is 0.467. The smallest absolute Gasteiger partial charge is 0.240 e. The van der Waals surface area contributed by atoms with Crippen LogP contribution in [0.5, 0.6) is 0 Å². The molecule has 3 rings (SSSR count). The number of nitrogens with zero attached hydrogens (tertiary/aromatic N) is 2. The van der Waals surface area contributed by atoms with Crippen LogP contribution in [-0.4, -0.2) is 47.5 Å². The van der Waals surface area contributed by atoms with Gasteiger partial charge in [-0.15, -0.1) is 0 Å². The summed E-state index contributed by atoms with van der Waals surface area (Å²) in [6.45, 7) is 7.44. The maximum absolute atomic E-state index is 12.2. The molecule has 1 aromatic carbocycles. The van der Waals surface area contributed by atoms with Gasteiger partial charge >= 0.3 is 0 Å². The topological polar surface area (TPSA) is 57.3 Å². The Kier molecular flexibility index (Phi) is 3.93. The highest BCUT2D eigenvalue weighted by molar-refractivity contribution is 7.22. The van der Waals surface area contributed by atoms with E-state index in [0.717, 1.165) is 29.9 Å². The van der Waals surface area contributed by atoms with Gasteiger partial charge in [-0.25, -0.2) is 4.98 Å². The molecule has 1 aliphatic heterocycles. The van der Waals surface area contributed by atoms with Crippen LogP contribution >= 0.6 is 11.3 Å². The first-order valence-electron chi connectivity index (χ1n) is 7.16. The molecule has 1 fully saturated rings. The zero-order valence-corrected chi connectivity index (χ0v) is 13.2. The molecular weight excluding hydrogens is 284 g/mol. The lowest BCUT2D eigenvalue weighted by Crippen LogP contribution is -2.59. The van der Waals surface area contributed by atoms with Gasteiger partial charge in [0, 0.05) is 25.2 Å². The largest absolute Gasteiger partial charge is 0.314 e. The third-order valence-electron chi connectivity index (χ3n) is 3.85. The Morgan fingerprint density at radius 3 is 3.05 bits per heavy atom. The van der Waals surface area contributed by atoms with Crippen molar-refractivity contribution in [3.05, 3.63) is 24.3 Å². The number of nitrogens with one attached hydrogen (secondary N) is 2. The summed E-state index contributed by atoms with van der Waals surface area (Å²) in [5, 5.41) is 6.96. The summed E-state index contributed by atoms with van der Waals surface area (Å²) in [5.74, 6) is 0.00373. The molecule has 0 spiro atoms. The molecule has 0 saturated carbocycles. The number of carbonyl (C=O) groups is 1. The molecule has 5 nitrogen and oxygen atoms in total. The second-order valence-electron chi connectivity index (χ2n) is 5.95. The molecule has 2 aromatic rings. The maximum atomic E-state index is 12.2. The van der Waals surface area contributed by atoms with Crippen LogP contribution in [0.1, 0.15) is 13.8 Å². The first kappa shape index (κ1) is 14.4. The van der Waals surface area contributed by atoms with E-state index in [2.05, 4.69) is 34.4 Å². The minimum atomic E-state index is 0.00316. The molecule has 0 unspecified atom stereocenters. The van der Waals surface area contributed by atoms with Gasteiger partial charge in [-0.05, 0) is 26.0 Å². The number of hydrogen-bond donors (Lipinski definition) is 2. The molecule has 2 heterocycles. The Balaban J connectivity index is 1.66. The first-order valence-corrected chi connectivity index (χ1v) is 7.97. The predicted octanol–water partition coefficient (Wildman–Crippen LogP) is 1.92. The van der Waals surface area contributed by atoms with Crippen molar-refractivity contribution in [2.45, 2.75) is 19.4 Å². The number of benzene rings is 1. The minimum absolute atomic E-state index is 0.00316.